The number of amides is 1. The molecule has 0 unspecified atom stereocenters. The number of H-pyrrole nitrogens is 1. The zero-order valence-electron chi connectivity index (χ0n) is 8.92. The lowest BCUT2D eigenvalue weighted by Crippen LogP contribution is -2.40. The van der Waals surface area contributed by atoms with Gasteiger partial charge in [0.1, 0.15) is 5.69 Å². The van der Waals surface area contributed by atoms with Gasteiger partial charge in [0.15, 0.2) is 0 Å². The molecule has 1 aromatic rings. The molecule has 1 fully saturated rings. The first-order valence-corrected chi connectivity index (χ1v) is 6.23. The molecule has 1 saturated carbocycles. The Morgan fingerprint density at radius 1 is 1.56 bits per heavy atom. The van der Waals surface area contributed by atoms with Crippen LogP contribution >= 0.6 is 15.9 Å². The highest BCUT2D eigenvalue weighted by molar-refractivity contribution is 9.10. The van der Waals surface area contributed by atoms with Crippen LogP contribution in [-0.2, 0) is 0 Å². The molecule has 2 rings (SSSR count). The van der Waals surface area contributed by atoms with Gasteiger partial charge in [0, 0.05) is 17.2 Å². The third-order valence-electron chi connectivity index (χ3n) is 3.00. The molecular formula is C11H15BrN2O2. The minimum Gasteiger partial charge on any atom is -0.388 e. The van der Waals surface area contributed by atoms with Crippen LogP contribution in [0.5, 0.6) is 0 Å². The van der Waals surface area contributed by atoms with Crippen molar-refractivity contribution in [2.24, 2.45) is 0 Å². The lowest BCUT2D eigenvalue weighted by molar-refractivity contribution is 0.0449. The van der Waals surface area contributed by atoms with Crippen LogP contribution in [-0.4, -0.2) is 28.1 Å². The highest BCUT2D eigenvalue weighted by Gasteiger charge is 2.31. The van der Waals surface area contributed by atoms with Crippen molar-refractivity contribution in [3.63, 3.8) is 0 Å². The van der Waals surface area contributed by atoms with Gasteiger partial charge in [0.25, 0.3) is 5.91 Å². The number of carbonyl (C=O) groups excluding carboxylic acids is 1. The smallest absolute Gasteiger partial charge is 0.267 e. The summed E-state index contributed by atoms with van der Waals surface area (Å²) in [6, 6.07) is 1.72. The quantitative estimate of drug-likeness (QED) is 0.794. The van der Waals surface area contributed by atoms with E-state index in [9.17, 15) is 9.90 Å². The van der Waals surface area contributed by atoms with Crippen molar-refractivity contribution >= 4 is 21.8 Å². The van der Waals surface area contributed by atoms with Crippen LogP contribution in [0.3, 0.4) is 0 Å². The van der Waals surface area contributed by atoms with E-state index >= 15 is 0 Å². The van der Waals surface area contributed by atoms with Crippen molar-refractivity contribution in [2.75, 3.05) is 6.54 Å². The Morgan fingerprint density at radius 3 is 2.81 bits per heavy atom. The predicted molar refractivity (Wildman–Crippen MR) is 64.2 cm³/mol. The Labute approximate surface area is 103 Å². The molecule has 5 heteroatoms. The topological polar surface area (TPSA) is 65.1 Å². The van der Waals surface area contributed by atoms with Crippen LogP contribution in [0.1, 0.15) is 36.2 Å². The SMILES string of the molecule is O=C(NCC1(O)CCCC1)c1cc(Br)c[nH]1. The molecule has 16 heavy (non-hydrogen) atoms. The zero-order chi connectivity index (χ0) is 11.6. The van der Waals surface area contributed by atoms with Crippen molar-refractivity contribution in [2.45, 2.75) is 31.3 Å². The molecule has 0 radical (unpaired) electrons. The molecule has 1 heterocycles. The number of rotatable bonds is 3. The van der Waals surface area contributed by atoms with Gasteiger partial charge >= 0.3 is 0 Å². The van der Waals surface area contributed by atoms with Crippen LogP contribution in [0, 0.1) is 0 Å². The fourth-order valence-electron chi connectivity index (χ4n) is 2.05. The molecule has 0 spiro atoms. The average Bonchev–Trinajstić information content (AvgIpc) is 2.85. The van der Waals surface area contributed by atoms with Gasteiger partial charge in [-0.15, -0.1) is 0 Å². The minimum absolute atomic E-state index is 0.175. The number of hydrogen-bond acceptors (Lipinski definition) is 2. The van der Waals surface area contributed by atoms with E-state index in [-0.39, 0.29) is 5.91 Å². The standard InChI is InChI=1S/C11H15BrN2O2/c12-8-5-9(13-6-8)10(15)14-7-11(16)3-1-2-4-11/h5-6,13,16H,1-4,7H2,(H,14,15). The van der Waals surface area contributed by atoms with Gasteiger partial charge in [-0.3, -0.25) is 4.79 Å². The number of hydrogen-bond donors (Lipinski definition) is 3. The fourth-order valence-corrected chi connectivity index (χ4v) is 2.39. The van der Waals surface area contributed by atoms with E-state index in [1.165, 1.54) is 0 Å². The normalized spacial score (nSPS) is 18.6. The van der Waals surface area contributed by atoms with Crippen LogP contribution in [0.15, 0.2) is 16.7 Å². The van der Waals surface area contributed by atoms with Crippen LogP contribution in [0.25, 0.3) is 0 Å². The maximum atomic E-state index is 11.7. The lowest BCUT2D eigenvalue weighted by Gasteiger charge is -2.22. The minimum atomic E-state index is -0.695. The first-order valence-electron chi connectivity index (χ1n) is 5.44. The first kappa shape index (κ1) is 11.7. The Balaban J connectivity index is 1.88. The van der Waals surface area contributed by atoms with Gasteiger partial charge in [0.05, 0.1) is 5.60 Å². The second-order valence-corrected chi connectivity index (χ2v) is 5.26. The van der Waals surface area contributed by atoms with Gasteiger partial charge in [0.2, 0.25) is 0 Å². The Kier molecular flexibility index (Phi) is 3.35. The number of nitrogens with one attached hydrogen (secondary N) is 2. The molecule has 0 aromatic carbocycles. The average molecular weight is 287 g/mol. The van der Waals surface area contributed by atoms with E-state index in [0.717, 1.165) is 30.2 Å². The molecule has 1 amide bonds. The highest BCUT2D eigenvalue weighted by atomic mass is 79.9. The largest absolute Gasteiger partial charge is 0.388 e. The number of aliphatic hydroxyl groups is 1. The molecule has 3 N–H and O–H groups in total. The van der Waals surface area contributed by atoms with Gasteiger partial charge in [-0.05, 0) is 34.8 Å². The van der Waals surface area contributed by atoms with Gasteiger partial charge in [-0.25, -0.2) is 0 Å². The fraction of sp³-hybridized carbons (Fsp3) is 0.545. The zero-order valence-corrected chi connectivity index (χ0v) is 10.5. The molecule has 4 nitrogen and oxygen atoms in total. The Hall–Kier alpha value is -0.810. The molecule has 1 aliphatic rings. The summed E-state index contributed by atoms with van der Waals surface area (Å²) in [5, 5.41) is 12.8. The van der Waals surface area contributed by atoms with Crippen LogP contribution in [0.4, 0.5) is 0 Å². The number of carbonyl (C=O) groups is 1. The Bertz CT molecular complexity index is 383. The first-order chi connectivity index (χ1) is 7.59. The maximum Gasteiger partial charge on any atom is 0.267 e. The summed E-state index contributed by atoms with van der Waals surface area (Å²) >= 11 is 3.27. The highest BCUT2D eigenvalue weighted by Crippen LogP contribution is 2.28. The van der Waals surface area contributed by atoms with E-state index in [1.54, 1.807) is 12.3 Å². The molecule has 1 aliphatic carbocycles. The molecule has 0 aliphatic heterocycles. The molecule has 0 bridgehead atoms. The predicted octanol–water partition coefficient (Wildman–Crippen LogP) is 1.81. The summed E-state index contributed by atoms with van der Waals surface area (Å²) in [5.74, 6) is -0.175. The summed E-state index contributed by atoms with van der Waals surface area (Å²) in [5.41, 5.74) is -0.187. The Morgan fingerprint density at radius 2 is 2.25 bits per heavy atom. The summed E-state index contributed by atoms with van der Waals surface area (Å²) in [7, 11) is 0. The summed E-state index contributed by atoms with van der Waals surface area (Å²) in [6.07, 6.45) is 5.35. The van der Waals surface area contributed by atoms with Crippen molar-refractivity contribution in [3.8, 4) is 0 Å². The third kappa shape index (κ3) is 2.65. The van der Waals surface area contributed by atoms with E-state index in [2.05, 4.69) is 26.2 Å². The van der Waals surface area contributed by atoms with E-state index in [1.807, 2.05) is 0 Å². The van der Waals surface area contributed by atoms with Gasteiger partial charge in [-0.1, -0.05) is 12.8 Å². The second kappa shape index (κ2) is 4.59. The lowest BCUT2D eigenvalue weighted by atomic mass is 10.0. The van der Waals surface area contributed by atoms with E-state index in [0.29, 0.717) is 12.2 Å². The second-order valence-electron chi connectivity index (χ2n) is 4.35. The summed E-state index contributed by atoms with van der Waals surface area (Å²) in [4.78, 5) is 14.5. The molecule has 0 saturated heterocycles. The molecular weight excluding hydrogens is 272 g/mol. The molecule has 88 valence electrons. The van der Waals surface area contributed by atoms with Crippen LogP contribution in [0.2, 0.25) is 0 Å². The summed E-state index contributed by atoms with van der Waals surface area (Å²) < 4.78 is 0.845. The number of aromatic nitrogens is 1. The monoisotopic (exact) mass is 286 g/mol. The maximum absolute atomic E-state index is 11.7. The van der Waals surface area contributed by atoms with Crippen molar-refractivity contribution in [1.29, 1.82) is 0 Å². The molecule has 1 aromatic heterocycles. The third-order valence-corrected chi connectivity index (χ3v) is 3.46. The van der Waals surface area contributed by atoms with Crippen molar-refractivity contribution < 1.29 is 9.90 Å². The van der Waals surface area contributed by atoms with Crippen LogP contribution < -0.4 is 5.32 Å². The van der Waals surface area contributed by atoms with Gasteiger partial charge in [-0.2, -0.15) is 0 Å². The van der Waals surface area contributed by atoms with E-state index < -0.39 is 5.60 Å². The van der Waals surface area contributed by atoms with Gasteiger partial charge < -0.3 is 15.4 Å². The number of aromatic amines is 1. The summed E-state index contributed by atoms with van der Waals surface area (Å²) in [6.45, 7) is 0.336. The molecule has 0 atom stereocenters. The number of halogens is 1. The van der Waals surface area contributed by atoms with Crippen molar-refractivity contribution in [3.05, 3.63) is 22.4 Å². The van der Waals surface area contributed by atoms with E-state index in [4.69, 9.17) is 0 Å². The van der Waals surface area contributed by atoms with Crippen molar-refractivity contribution in [1.82, 2.24) is 10.3 Å².